The summed E-state index contributed by atoms with van der Waals surface area (Å²) < 4.78 is 10.2. The Morgan fingerprint density at radius 2 is 1.72 bits per heavy atom. The van der Waals surface area contributed by atoms with Crippen LogP contribution in [0.25, 0.3) is 0 Å². The molecule has 0 spiro atoms. The molecule has 8 nitrogen and oxygen atoms in total. The second-order valence-electron chi connectivity index (χ2n) is 6.40. The number of hydrogen-bond acceptors (Lipinski definition) is 7. The molecule has 2 aromatic carbocycles. The Balaban J connectivity index is 1.83. The standard InChI is InChI=1S/C20H16ClN3O5/c1-28-14-6-4-3-5-13(14)24-17-15(16(22-24)20(27)29-2)18(25)23(19(17)26)12-9-7-11(21)8-10-12/h3-10,15,17H,1-2H3/t15-,17+/m1/s1. The van der Waals surface area contributed by atoms with E-state index in [4.69, 9.17) is 21.1 Å². The van der Waals surface area contributed by atoms with Gasteiger partial charge in [0.25, 0.3) is 5.91 Å². The Labute approximate surface area is 171 Å². The molecule has 29 heavy (non-hydrogen) atoms. The molecule has 2 amide bonds. The van der Waals surface area contributed by atoms with Gasteiger partial charge in [-0.3, -0.25) is 9.59 Å². The van der Waals surface area contributed by atoms with Crippen molar-refractivity contribution >= 4 is 46.5 Å². The van der Waals surface area contributed by atoms with Crippen LogP contribution in [-0.4, -0.2) is 43.8 Å². The van der Waals surface area contributed by atoms with Crippen molar-refractivity contribution in [3.05, 3.63) is 53.6 Å². The van der Waals surface area contributed by atoms with Crippen molar-refractivity contribution in [3.8, 4) is 5.75 Å². The number of hydrogen-bond donors (Lipinski definition) is 0. The quantitative estimate of drug-likeness (QED) is 0.564. The topological polar surface area (TPSA) is 88.5 Å². The molecule has 2 aromatic rings. The molecular weight excluding hydrogens is 398 g/mol. The van der Waals surface area contributed by atoms with Gasteiger partial charge in [-0.05, 0) is 36.4 Å². The number of carbonyl (C=O) groups is 3. The third-order valence-corrected chi connectivity index (χ3v) is 5.11. The number of anilines is 2. The largest absolute Gasteiger partial charge is 0.495 e. The van der Waals surface area contributed by atoms with Crippen molar-refractivity contribution in [2.45, 2.75) is 6.04 Å². The van der Waals surface area contributed by atoms with E-state index in [1.165, 1.54) is 19.2 Å². The van der Waals surface area contributed by atoms with Crippen LogP contribution in [-0.2, 0) is 19.1 Å². The Hall–Kier alpha value is -3.39. The first-order valence-electron chi connectivity index (χ1n) is 8.70. The number of amides is 2. The van der Waals surface area contributed by atoms with Gasteiger partial charge in [0, 0.05) is 5.02 Å². The van der Waals surface area contributed by atoms with Crippen LogP contribution in [0.1, 0.15) is 0 Å². The zero-order valence-electron chi connectivity index (χ0n) is 15.5. The molecule has 0 radical (unpaired) electrons. The lowest BCUT2D eigenvalue weighted by Crippen LogP contribution is -2.39. The van der Waals surface area contributed by atoms with E-state index in [0.717, 1.165) is 4.90 Å². The Morgan fingerprint density at radius 1 is 1.03 bits per heavy atom. The first-order valence-corrected chi connectivity index (χ1v) is 9.08. The van der Waals surface area contributed by atoms with E-state index >= 15 is 0 Å². The molecule has 9 heteroatoms. The maximum atomic E-state index is 13.3. The van der Waals surface area contributed by atoms with Gasteiger partial charge in [0.05, 0.1) is 19.9 Å². The van der Waals surface area contributed by atoms with E-state index in [1.54, 1.807) is 48.5 Å². The van der Waals surface area contributed by atoms with E-state index in [1.807, 2.05) is 0 Å². The first-order chi connectivity index (χ1) is 14.0. The lowest BCUT2D eigenvalue weighted by molar-refractivity contribution is -0.133. The van der Waals surface area contributed by atoms with Crippen molar-refractivity contribution in [1.82, 2.24) is 0 Å². The zero-order chi connectivity index (χ0) is 20.7. The van der Waals surface area contributed by atoms with Crippen LogP contribution in [0.4, 0.5) is 11.4 Å². The monoisotopic (exact) mass is 413 g/mol. The molecule has 0 bridgehead atoms. The van der Waals surface area contributed by atoms with Gasteiger partial charge in [0.15, 0.2) is 5.71 Å². The highest BCUT2D eigenvalue weighted by molar-refractivity contribution is 6.47. The number of nitrogens with zero attached hydrogens (tertiary/aromatic N) is 3. The second kappa shape index (κ2) is 7.21. The Morgan fingerprint density at radius 3 is 2.38 bits per heavy atom. The lowest BCUT2D eigenvalue weighted by Gasteiger charge is -2.23. The molecule has 0 N–H and O–H groups in total. The average Bonchev–Trinajstić information content (AvgIpc) is 3.25. The van der Waals surface area contributed by atoms with Crippen molar-refractivity contribution in [3.63, 3.8) is 0 Å². The van der Waals surface area contributed by atoms with Gasteiger partial charge in [-0.1, -0.05) is 23.7 Å². The SMILES string of the molecule is COC(=O)C1=NN(c2ccccc2OC)[C@@H]2C(=O)N(c3ccc(Cl)cc3)C(=O)[C@H]12. The third kappa shape index (κ3) is 2.92. The zero-order valence-corrected chi connectivity index (χ0v) is 16.3. The maximum absolute atomic E-state index is 13.3. The number of halogens is 1. The number of hydrazone groups is 1. The van der Waals surface area contributed by atoms with Crippen molar-refractivity contribution in [2.75, 3.05) is 24.1 Å². The molecule has 0 unspecified atom stereocenters. The molecule has 1 fully saturated rings. The number of imide groups is 1. The van der Waals surface area contributed by atoms with Crippen LogP contribution >= 0.6 is 11.6 Å². The summed E-state index contributed by atoms with van der Waals surface area (Å²) in [5.41, 5.74) is 0.698. The van der Waals surface area contributed by atoms with Gasteiger partial charge in [0.2, 0.25) is 5.91 Å². The molecule has 2 aliphatic rings. The number of benzene rings is 2. The number of esters is 1. The van der Waals surface area contributed by atoms with E-state index in [9.17, 15) is 14.4 Å². The fraction of sp³-hybridized carbons (Fsp3) is 0.200. The number of ether oxygens (including phenoxy) is 2. The smallest absolute Gasteiger partial charge is 0.355 e. The van der Waals surface area contributed by atoms with Crippen LogP contribution in [0.15, 0.2) is 53.6 Å². The minimum Gasteiger partial charge on any atom is -0.495 e. The van der Waals surface area contributed by atoms with Gasteiger partial charge in [-0.15, -0.1) is 0 Å². The Bertz CT molecular complexity index is 1040. The average molecular weight is 414 g/mol. The number of fused-ring (bicyclic) bond motifs is 1. The third-order valence-electron chi connectivity index (χ3n) is 4.86. The Kier molecular flexibility index (Phi) is 4.71. The number of para-hydroxylation sites is 2. The van der Waals surface area contributed by atoms with Crippen LogP contribution in [0.2, 0.25) is 5.02 Å². The molecular formula is C20H16ClN3O5. The van der Waals surface area contributed by atoms with Crippen LogP contribution in [0.5, 0.6) is 5.75 Å². The molecule has 1 saturated heterocycles. The fourth-order valence-corrected chi connectivity index (χ4v) is 3.68. The minimum atomic E-state index is -1.09. The van der Waals surface area contributed by atoms with E-state index in [-0.39, 0.29) is 5.71 Å². The van der Waals surface area contributed by atoms with Crippen molar-refractivity contribution in [1.29, 1.82) is 0 Å². The predicted molar refractivity (Wildman–Crippen MR) is 106 cm³/mol. The van der Waals surface area contributed by atoms with Gasteiger partial charge >= 0.3 is 5.97 Å². The summed E-state index contributed by atoms with van der Waals surface area (Å²) in [6, 6.07) is 12.2. The molecule has 148 valence electrons. The van der Waals surface area contributed by atoms with Crippen molar-refractivity contribution < 1.29 is 23.9 Å². The summed E-state index contributed by atoms with van der Waals surface area (Å²) in [6.07, 6.45) is 0. The summed E-state index contributed by atoms with van der Waals surface area (Å²) in [6.45, 7) is 0. The maximum Gasteiger partial charge on any atom is 0.355 e. The van der Waals surface area contributed by atoms with Gasteiger partial charge in [-0.25, -0.2) is 14.7 Å². The summed E-state index contributed by atoms with van der Waals surface area (Å²) in [7, 11) is 2.68. The molecule has 2 atom stereocenters. The summed E-state index contributed by atoms with van der Waals surface area (Å²) >= 11 is 5.92. The summed E-state index contributed by atoms with van der Waals surface area (Å²) in [4.78, 5) is 39.8. The molecule has 0 saturated carbocycles. The summed E-state index contributed by atoms with van der Waals surface area (Å²) in [5, 5.41) is 6.10. The number of carbonyl (C=O) groups excluding carboxylic acids is 3. The minimum absolute atomic E-state index is 0.127. The van der Waals surface area contributed by atoms with Crippen LogP contribution < -0.4 is 14.6 Å². The number of methoxy groups -OCH3 is 2. The second-order valence-corrected chi connectivity index (χ2v) is 6.84. The fourth-order valence-electron chi connectivity index (χ4n) is 3.55. The van der Waals surface area contributed by atoms with E-state index in [2.05, 4.69) is 5.10 Å². The number of rotatable bonds is 4. The van der Waals surface area contributed by atoms with E-state index < -0.39 is 29.7 Å². The molecule has 2 aliphatic heterocycles. The van der Waals surface area contributed by atoms with Crippen LogP contribution in [0.3, 0.4) is 0 Å². The molecule has 4 rings (SSSR count). The highest BCUT2D eigenvalue weighted by Crippen LogP contribution is 2.41. The van der Waals surface area contributed by atoms with Crippen molar-refractivity contribution in [2.24, 2.45) is 11.0 Å². The predicted octanol–water partition coefficient (Wildman–Crippen LogP) is 2.26. The van der Waals surface area contributed by atoms with Crippen LogP contribution in [0, 0.1) is 5.92 Å². The van der Waals surface area contributed by atoms with E-state index in [0.29, 0.717) is 22.1 Å². The highest BCUT2D eigenvalue weighted by Gasteiger charge is 2.59. The van der Waals surface area contributed by atoms with Gasteiger partial charge in [0.1, 0.15) is 23.4 Å². The van der Waals surface area contributed by atoms with Gasteiger partial charge in [-0.2, -0.15) is 5.10 Å². The summed E-state index contributed by atoms with van der Waals surface area (Å²) in [5.74, 6) is -2.46. The molecule has 0 aromatic heterocycles. The lowest BCUT2D eigenvalue weighted by atomic mass is 9.97. The van der Waals surface area contributed by atoms with Gasteiger partial charge < -0.3 is 9.47 Å². The normalized spacial score (nSPS) is 20.6. The first kappa shape index (κ1) is 18.9. The highest BCUT2D eigenvalue weighted by atomic mass is 35.5. The molecule has 0 aliphatic carbocycles. The molecule has 2 heterocycles.